The minimum atomic E-state index is -3.75. The number of carbonyl (C=O) groups excluding carboxylic acids is 1. The van der Waals surface area contributed by atoms with Crippen LogP contribution in [0.3, 0.4) is 0 Å². The second-order valence-electron chi connectivity index (χ2n) is 7.30. The Morgan fingerprint density at radius 3 is 2.33 bits per heavy atom. The number of thiazole rings is 1. The van der Waals surface area contributed by atoms with Gasteiger partial charge in [0, 0.05) is 42.8 Å². The van der Waals surface area contributed by atoms with Gasteiger partial charge in [0.15, 0.2) is 4.80 Å². The monoisotopic (exact) mass is 521 g/mol. The molecular weight excluding hydrogens is 501 g/mol. The molecule has 0 atom stereocenters. The maximum Gasteiger partial charge on any atom is 0.279 e. The van der Waals surface area contributed by atoms with E-state index in [1.54, 1.807) is 0 Å². The van der Waals surface area contributed by atoms with E-state index in [2.05, 4.69) is 11.1 Å². The molecule has 0 aliphatic carbocycles. The molecule has 1 amide bonds. The van der Waals surface area contributed by atoms with Crippen LogP contribution in [0.5, 0.6) is 0 Å². The van der Waals surface area contributed by atoms with E-state index < -0.39 is 15.9 Å². The number of amides is 1. The second-order valence-corrected chi connectivity index (χ2v) is 11.0. The molecule has 172 valence electrons. The van der Waals surface area contributed by atoms with Gasteiger partial charge in [-0.15, -0.1) is 23.2 Å². The maximum atomic E-state index is 12.8. The van der Waals surface area contributed by atoms with Crippen LogP contribution in [0.15, 0.2) is 70.6 Å². The zero-order valence-electron chi connectivity index (χ0n) is 17.7. The Hall–Kier alpha value is -2.23. The summed E-state index contributed by atoms with van der Waals surface area (Å²) in [6.07, 6.45) is 0. The quantitative estimate of drug-likeness (QED) is 0.333. The molecule has 4 rings (SSSR count). The molecule has 3 aromatic carbocycles. The van der Waals surface area contributed by atoms with Crippen molar-refractivity contribution in [1.29, 1.82) is 0 Å². The molecule has 33 heavy (non-hydrogen) atoms. The predicted octanol–water partition coefficient (Wildman–Crippen LogP) is 4.60. The van der Waals surface area contributed by atoms with Gasteiger partial charge in [-0.2, -0.15) is 9.30 Å². The second kappa shape index (κ2) is 9.95. The number of aromatic nitrogens is 1. The van der Waals surface area contributed by atoms with Crippen molar-refractivity contribution in [2.45, 2.75) is 4.90 Å². The average Bonchev–Trinajstić information content (AvgIpc) is 3.14. The summed E-state index contributed by atoms with van der Waals surface area (Å²) in [5.41, 5.74) is 1.32. The molecule has 0 aliphatic rings. The highest BCUT2D eigenvalue weighted by atomic mass is 35.5. The highest BCUT2D eigenvalue weighted by molar-refractivity contribution is 7.89. The van der Waals surface area contributed by atoms with Crippen molar-refractivity contribution in [1.82, 2.24) is 8.87 Å². The molecule has 0 unspecified atom stereocenters. The Bertz CT molecular complexity index is 1490. The number of fused-ring (bicyclic) bond motifs is 3. The summed E-state index contributed by atoms with van der Waals surface area (Å²) in [6.45, 7) is 0.313. The topological polar surface area (TPSA) is 71.7 Å². The van der Waals surface area contributed by atoms with Gasteiger partial charge in [0.1, 0.15) is 0 Å². The molecule has 0 radical (unpaired) electrons. The van der Waals surface area contributed by atoms with Gasteiger partial charge in [-0.05, 0) is 35.7 Å². The minimum Gasteiger partial charge on any atom is -0.319 e. The Morgan fingerprint density at radius 2 is 1.67 bits per heavy atom. The van der Waals surface area contributed by atoms with Crippen molar-refractivity contribution < 1.29 is 13.2 Å². The van der Waals surface area contributed by atoms with Crippen LogP contribution >= 0.6 is 34.5 Å². The van der Waals surface area contributed by atoms with Crippen LogP contribution in [0.1, 0.15) is 10.4 Å². The van der Waals surface area contributed by atoms with Gasteiger partial charge in [-0.3, -0.25) is 4.79 Å². The van der Waals surface area contributed by atoms with Gasteiger partial charge in [0.25, 0.3) is 5.91 Å². The van der Waals surface area contributed by atoms with Crippen LogP contribution in [-0.2, 0) is 17.1 Å². The van der Waals surface area contributed by atoms with E-state index in [1.165, 1.54) is 39.9 Å². The van der Waals surface area contributed by atoms with Crippen LogP contribution in [0.2, 0.25) is 0 Å². The van der Waals surface area contributed by atoms with E-state index in [0.717, 1.165) is 21.0 Å². The predicted molar refractivity (Wildman–Crippen MR) is 135 cm³/mol. The first-order valence-corrected chi connectivity index (χ1v) is 13.5. The first-order valence-electron chi connectivity index (χ1n) is 10.2. The van der Waals surface area contributed by atoms with Crippen molar-refractivity contribution in [3.05, 3.63) is 71.0 Å². The van der Waals surface area contributed by atoms with E-state index in [1.807, 2.05) is 41.9 Å². The number of halogens is 2. The summed E-state index contributed by atoms with van der Waals surface area (Å²) in [5.74, 6) is -0.121. The zero-order valence-corrected chi connectivity index (χ0v) is 20.9. The van der Waals surface area contributed by atoms with E-state index in [9.17, 15) is 13.2 Å². The lowest BCUT2D eigenvalue weighted by atomic mass is 10.1. The molecule has 0 saturated carbocycles. The van der Waals surface area contributed by atoms with Gasteiger partial charge in [-0.25, -0.2) is 8.42 Å². The summed E-state index contributed by atoms with van der Waals surface area (Å²) in [6, 6.07) is 17.9. The average molecular weight is 522 g/mol. The van der Waals surface area contributed by atoms with Gasteiger partial charge in [-0.1, -0.05) is 41.7 Å². The summed E-state index contributed by atoms with van der Waals surface area (Å²) < 4.78 is 29.8. The molecule has 6 nitrogen and oxygen atoms in total. The lowest BCUT2D eigenvalue weighted by Gasteiger charge is -2.20. The number of hydrogen-bond donors (Lipinski definition) is 0. The van der Waals surface area contributed by atoms with E-state index in [4.69, 9.17) is 23.2 Å². The largest absolute Gasteiger partial charge is 0.319 e. The van der Waals surface area contributed by atoms with Crippen molar-refractivity contribution >= 4 is 71.5 Å². The molecular formula is C23H21Cl2N3O3S2. The fourth-order valence-corrected chi connectivity index (χ4v) is 6.72. The number of carbonyl (C=O) groups is 1. The van der Waals surface area contributed by atoms with Crippen molar-refractivity contribution in [2.75, 3.05) is 24.8 Å². The molecule has 4 aromatic rings. The Labute approximate surface area is 205 Å². The summed E-state index contributed by atoms with van der Waals surface area (Å²) in [7, 11) is -1.87. The van der Waals surface area contributed by atoms with Crippen LogP contribution in [0.4, 0.5) is 0 Å². The molecule has 10 heteroatoms. The number of rotatable bonds is 7. The highest BCUT2D eigenvalue weighted by Crippen LogP contribution is 2.26. The van der Waals surface area contributed by atoms with Crippen molar-refractivity contribution in [2.24, 2.45) is 12.0 Å². The lowest BCUT2D eigenvalue weighted by Crippen LogP contribution is -2.34. The van der Waals surface area contributed by atoms with E-state index >= 15 is 0 Å². The molecule has 0 fully saturated rings. The van der Waals surface area contributed by atoms with Crippen LogP contribution < -0.4 is 4.80 Å². The van der Waals surface area contributed by atoms with E-state index in [0.29, 0.717) is 10.4 Å². The number of benzene rings is 3. The highest BCUT2D eigenvalue weighted by Gasteiger charge is 2.23. The Morgan fingerprint density at radius 1 is 1.00 bits per heavy atom. The number of hydrogen-bond acceptors (Lipinski definition) is 4. The SMILES string of the molecule is Cn1c(=NC(=O)c2ccc(S(=O)(=O)N(CCCl)CCCl)cc2)sc2ccc3ccccc3c21. The summed E-state index contributed by atoms with van der Waals surface area (Å²) in [5, 5.41) is 2.21. The molecule has 1 heterocycles. The van der Waals surface area contributed by atoms with Crippen LogP contribution in [-0.4, -0.2) is 48.0 Å². The number of sulfonamides is 1. The van der Waals surface area contributed by atoms with Crippen molar-refractivity contribution in [3.63, 3.8) is 0 Å². The van der Waals surface area contributed by atoms with Gasteiger partial charge in [0.05, 0.1) is 15.1 Å². The van der Waals surface area contributed by atoms with Crippen LogP contribution in [0, 0.1) is 0 Å². The third-order valence-corrected chi connectivity index (χ3v) is 8.64. The summed E-state index contributed by atoms with van der Waals surface area (Å²) >= 11 is 12.9. The fraction of sp³-hybridized carbons (Fsp3) is 0.217. The third-order valence-electron chi connectivity index (χ3n) is 5.29. The zero-order chi connectivity index (χ0) is 23.6. The lowest BCUT2D eigenvalue weighted by molar-refractivity contribution is 0.0998. The standard InChI is InChI=1S/C23H21Cl2N3O3S2/c1-27-21-19-5-3-2-4-16(19)8-11-20(21)32-23(27)26-22(29)17-6-9-18(10-7-17)33(30,31)28(14-12-24)15-13-25/h2-11H,12-15H2,1H3. The first kappa shape index (κ1) is 23.9. The van der Waals surface area contributed by atoms with Crippen molar-refractivity contribution in [3.8, 4) is 0 Å². The van der Waals surface area contributed by atoms with Crippen LogP contribution in [0.25, 0.3) is 21.0 Å². The smallest absolute Gasteiger partial charge is 0.279 e. The molecule has 0 N–H and O–H groups in total. The van der Waals surface area contributed by atoms with Gasteiger partial charge < -0.3 is 4.57 Å². The molecule has 0 aliphatic heterocycles. The fourth-order valence-electron chi connectivity index (χ4n) is 3.63. The third kappa shape index (κ3) is 4.72. The Kier molecular flexibility index (Phi) is 7.21. The number of alkyl halides is 2. The maximum absolute atomic E-state index is 12.8. The number of aryl methyl sites for hydroxylation is 1. The first-order chi connectivity index (χ1) is 15.9. The summed E-state index contributed by atoms with van der Waals surface area (Å²) in [4.78, 5) is 17.8. The molecule has 0 spiro atoms. The molecule has 1 aromatic heterocycles. The Balaban J connectivity index is 1.67. The molecule has 0 saturated heterocycles. The minimum absolute atomic E-state index is 0.0770. The molecule has 0 bridgehead atoms. The number of nitrogens with zero attached hydrogens (tertiary/aromatic N) is 3. The van der Waals surface area contributed by atoms with E-state index in [-0.39, 0.29) is 29.7 Å². The normalized spacial score (nSPS) is 12.8. The van der Waals surface area contributed by atoms with Gasteiger partial charge >= 0.3 is 0 Å². The van der Waals surface area contributed by atoms with Gasteiger partial charge in [0.2, 0.25) is 10.0 Å².